The highest BCUT2D eigenvalue weighted by molar-refractivity contribution is 4.81. The predicted octanol–water partition coefficient (Wildman–Crippen LogP) is 2.15. The molecule has 0 bridgehead atoms. The zero-order valence-electron chi connectivity index (χ0n) is 6.89. The van der Waals surface area contributed by atoms with Crippen molar-refractivity contribution in [3.05, 3.63) is 12.7 Å². The molecule has 0 spiro atoms. The summed E-state index contributed by atoms with van der Waals surface area (Å²) in [5.74, 6) is 0. The van der Waals surface area contributed by atoms with Crippen LogP contribution in [0.3, 0.4) is 0 Å². The molecule has 0 aromatic carbocycles. The van der Waals surface area contributed by atoms with E-state index in [1.54, 1.807) is 4.90 Å². The maximum Gasteiger partial charge on any atom is 0.172 e. The molecule has 1 rings (SSSR count). The van der Waals surface area contributed by atoms with Gasteiger partial charge in [0.15, 0.2) is 6.30 Å². The largest absolute Gasteiger partial charge is 0.271 e. The van der Waals surface area contributed by atoms with Crippen molar-refractivity contribution in [2.24, 2.45) is 0 Å². The fraction of sp³-hybridized carbons (Fsp3) is 0.750. The summed E-state index contributed by atoms with van der Waals surface area (Å²) in [5.41, 5.74) is 0. The van der Waals surface area contributed by atoms with Gasteiger partial charge in [-0.25, -0.2) is 4.39 Å². The van der Waals surface area contributed by atoms with Crippen molar-refractivity contribution in [1.82, 2.24) is 4.90 Å². The van der Waals surface area contributed by atoms with Crippen molar-refractivity contribution in [1.29, 1.82) is 0 Å². The second-order valence-corrected chi connectivity index (χ2v) is 2.35. The Labute approximate surface area is 66.7 Å². The molecule has 1 heterocycles. The Kier molecular flexibility index (Phi) is 6.03. The molecule has 0 amide bonds. The molecule has 11 heavy (non-hydrogen) atoms. The number of hydrogen-bond acceptors (Lipinski definition) is 1. The molecule has 1 fully saturated rings. The SMILES string of the molecule is C=CC(F)N1CCCC1.CF. The third-order valence-electron chi connectivity index (χ3n) is 1.68. The fourth-order valence-corrected chi connectivity index (χ4v) is 1.14. The average Bonchev–Trinajstić information content (AvgIpc) is 2.59. The molecule has 1 unspecified atom stereocenters. The van der Waals surface area contributed by atoms with Crippen LogP contribution in [0.25, 0.3) is 0 Å². The smallest absolute Gasteiger partial charge is 0.172 e. The van der Waals surface area contributed by atoms with Gasteiger partial charge in [0.1, 0.15) is 0 Å². The summed E-state index contributed by atoms with van der Waals surface area (Å²) in [6, 6.07) is 0. The van der Waals surface area contributed by atoms with Gasteiger partial charge < -0.3 is 0 Å². The van der Waals surface area contributed by atoms with E-state index in [0.29, 0.717) is 7.18 Å². The maximum atomic E-state index is 12.6. The van der Waals surface area contributed by atoms with Gasteiger partial charge in [0.25, 0.3) is 0 Å². The Morgan fingerprint density at radius 2 is 1.82 bits per heavy atom. The monoisotopic (exact) mass is 163 g/mol. The second-order valence-electron chi connectivity index (χ2n) is 2.35. The van der Waals surface area contributed by atoms with Gasteiger partial charge in [-0.15, -0.1) is 0 Å². The zero-order valence-corrected chi connectivity index (χ0v) is 6.89. The van der Waals surface area contributed by atoms with Crippen LogP contribution < -0.4 is 0 Å². The van der Waals surface area contributed by atoms with E-state index in [0.717, 1.165) is 25.9 Å². The van der Waals surface area contributed by atoms with Crippen molar-refractivity contribution >= 4 is 0 Å². The second kappa shape index (κ2) is 6.28. The number of rotatable bonds is 2. The topological polar surface area (TPSA) is 3.24 Å². The number of hydrogen-bond donors (Lipinski definition) is 0. The summed E-state index contributed by atoms with van der Waals surface area (Å²) in [7, 11) is 0.500. The quantitative estimate of drug-likeness (QED) is 0.445. The summed E-state index contributed by atoms with van der Waals surface area (Å²) in [6.45, 7) is 5.18. The van der Waals surface area contributed by atoms with Crippen LogP contribution in [-0.4, -0.2) is 31.5 Å². The van der Waals surface area contributed by atoms with Crippen molar-refractivity contribution in [3.8, 4) is 0 Å². The van der Waals surface area contributed by atoms with Crippen molar-refractivity contribution in [2.45, 2.75) is 19.1 Å². The number of likely N-dealkylation sites (tertiary alicyclic amines) is 1. The molecule has 0 aromatic rings. The lowest BCUT2D eigenvalue weighted by Crippen LogP contribution is -2.26. The lowest BCUT2D eigenvalue weighted by molar-refractivity contribution is 0.153. The van der Waals surface area contributed by atoms with Crippen LogP contribution in [0.2, 0.25) is 0 Å². The van der Waals surface area contributed by atoms with Crippen LogP contribution in [0, 0.1) is 0 Å². The summed E-state index contributed by atoms with van der Waals surface area (Å²) in [6.07, 6.45) is 2.71. The number of nitrogens with zero attached hydrogens (tertiary/aromatic N) is 1. The van der Waals surface area contributed by atoms with Gasteiger partial charge in [-0.2, -0.15) is 0 Å². The molecular weight excluding hydrogens is 148 g/mol. The van der Waals surface area contributed by atoms with Gasteiger partial charge in [-0.1, -0.05) is 6.58 Å². The predicted molar refractivity (Wildman–Crippen MR) is 42.9 cm³/mol. The van der Waals surface area contributed by atoms with Gasteiger partial charge in [0.2, 0.25) is 0 Å². The third-order valence-corrected chi connectivity index (χ3v) is 1.68. The Morgan fingerprint density at radius 1 is 1.36 bits per heavy atom. The van der Waals surface area contributed by atoms with E-state index in [4.69, 9.17) is 0 Å². The van der Waals surface area contributed by atoms with E-state index in [-0.39, 0.29) is 0 Å². The van der Waals surface area contributed by atoms with Crippen LogP contribution >= 0.6 is 0 Å². The molecule has 0 aliphatic carbocycles. The van der Waals surface area contributed by atoms with Gasteiger partial charge in [-0.05, 0) is 18.9 Å². The van der Waals surface area contributed by atoms with Crippen LogP contribution in [0.4, 0.5) is 8.78 Å². The molecule has 1 saturated heterocycles. The van der Waals surface area contributed by atoms with E-state index in [1.807, 2.05) is 0 Å². The Bertz CT molecular complexity index is 100. The standard InChI is InChI=1S/C7H12FN.CH3F/c1-2-7(8)9-5-3-4-6-9;1-2/h2,7H,1,3-6H2;1H3. The molecule has 1 atom stereocenters. The molecule has 0 aromatic heterocycles. The van der Waals surface area contributed by atoms with Gasteiger partial charge in [0.05, 0.1) is 7.18 Å². The molecule has 1 aliphatic heterocycles. The molecular formula is C8H15F2N. The number of alkyl halides is 2. The van der Waals surface area contributed by atoms with E-state index in [1.165, 1.54) is 6.08 Å². The summed E-state index contributed by atoms with van der Waals surface area (Å²) >= 11 is 0. The molecule has 3 heteroatoms. The summed E-state index contributed by atoms with van der Waals surface area (Å²) in [4.78, 5) is 1.80. The van der Waals surface area contributed by atoms with Crippen LogP contribution in [0.1, 0.15) is 12.8 Å². The van der Waals surface area contributed by atoms with Crippen LogP contribution in [0.5, 0.6) is 0 Å². The first-order valence-electron chi connectivity index (χ1n) is 3.73. The first-order chi connectivity index (χ1) is 5.34. The highest BCUT2D eigenvalue weighted by Gasteiger charge is 2.17. The fourth-order valence-electron chi connectivity index (χ4n) is 1.14. The Balaban J connectivity index is 0.000000461. The molecule has 1 nitrogen and oxygen atoms in total. The first-order valence-corrected chi connectivity index (χ1v) is 3.73. The lowest BCUT2D eigenvalue weighted by Gasteiger charge is -2.15. The first kappa shape index (κ1) is 10.6. The molecule has 0 saturated carbocycles. The molecule has 1 aliphatic rings. The van der Waals surface area contributed by atoms with Gasteiger partial charge in [0, 0.05) is 13.1 Å². The number of halogens is 2. The van der Waals surface area contributed by atoms with Crippen molar-refractivity contribution in [2.75, 3.05) is 20.3 Å². The zero-order chi connectivity index (χ0) is 8.69. The van der Waals surface area contributed by atoms with E-state index < -0.39 is 6.30 Å². The highest BCUT2D eigenvalue weighted by Crippen LogP contribution is 2.12. The Morgan fingerprint density at radius 3 is 2.18 bits per heavy atom. The highest BCUT2D eigenvalue weighted by atomic mass is 19.1. The van der Waals surface area contributed by atoms with Gasteiger partial charge >= 0.3 is 0 Å². The third kappa shape index (κ3) is 3.46. The van der Waals surface area contributed by atoms with Gasteiger partial charge in [-0.3, -0.25) is 9.29 Å². The van der Waals surface area contributed by atoms with Crippen molar-refractivity contribution < 1.29 is 8.78 Å². The Hall–Kier alpha value is -0.440. The maximum absolute atomic E-state index is 12.6. The van der Waals surface area contributed by atoms with E-state index in [9.17, 15) is 8.78 Å². The van der Waals surface area contributed by atoms with Crippen LogP contribution in [-0.2, 0) is 0 Å². The van der Waals surface area contributed by atoms with E-state index >= 15 is 0 Å². The molecule has 0 N–H and O–H groups in total. The van der Waals surface area contributed by atoms with Crippen molar-refractivity contribution in [3.63, 3.8) is 0 Å². The average molecular weight is 163 g/mol. The summed E-state index contributed by atoms with van der Waals surface area (Å²) in [5, 5.41) is 0. The minimum Gasteiger partial charge on any atom is -0.271 e. The molecule has 66 valence electrons. The van der Waals surface area contributed by atoms with Crippen LogP contribution in [0.15, 0.2) is 12.7 Å². The normalized spacial score (nSPS) is 20.3. The lowest BCUT2D eigenvalue weighted by atomic mass is 10.4. The minimum absolute atomic E-state index is 0.500. The summed E-state index contributed by atoms with van der Waals surface area (Å²) < 4.78 is 22.1. The molecule has 0 radical (unpaired) electrons. The van der Waals surface area contributed by atoms with E-state index in [2.05, 4.69) is 6.58 Å². The minimum atomic E-state index is -0.910.